The van der Waals surface area contributed by atoms with Crippen LogP contribution >= 0.6 is 11.8 Å². The normalized spacial score (nSPS) is 27.9. The maximum atomic E-state index is 12.5. The molecule has 0 aromatic heterocycles. The quantitative estimate of drug-likeness (QED) is 0.746. The van der Waals surface area contributed by atoms with E-state index in [4.69, 9.17) is 0 Å². The molecule has 3 aliphatic heterocycles. The lowest BCUT2D eigenvalue weighted by atomic mass is 9.73. The first-order chi connectivity index (χ1) is 12.1. The number of hydrogen-bond acceptors (Lipinski definition) is 4. The van der Waals surface area contributed by atoms with E-state index in [1.807, 2.05) is 4.90 Å². The Bertz CT molecular complexity index is 477. The highest BCUT2D eigenvalue weighted by molar-refractivity contribution is 7.99. The van der Waals surface area contributed by atoms with Gasteiger partial charge in [0.05, 0.1) is 12.3 Å². The van der Waals surface area contributed by atoms with Gasteiger partial charge in [-0.25, -0.2) is 0 Å². The molecule has 3 rings (SSSR count). The molecular formula is C19H33N3O2S. The van der Waals surface area contributed by atoms with Crippen LogP contribution in [0.25, 0.3) is 0 Å². The Morgan fingerprint density at radius 3 is 2.28 bits per heavy atom. The maximum absolute atomic E-state index is 12.5. The zero-order chi connectivity index (χ0) is 17.7. The van der Waals surface area contributed by atoms with Crippen LogP contribution in [0.15, 0.2) is 0 Å². The number of amides is 2. The molecule has 3 fully saturated rings. The molecule has 2 amide bonds. The molecule has 6 heteroatoms. The Balaban J connectivity index is 1.55. The number of likely N-dealkylation sites (tertiary alicyclic amines) is 3. The van der Waals surface area contributed by atoms with Gasteiger partial charge in [0, 0.05) is 38.1 Å². The van der Waals surface area contributed by atoms with E-state index in [1.165, 1.54) is 12.8 Å². The van der Waals surface area contributed by atoms with Gasteiger partial charge in [-0.2, -0.15) is 11.8 Å². The van der Waals surface area contributed by atoms with Crippen molar-refractivity contribution in [3.63, 3.8) is 0 Å². The summed E-state index contributed by atoms with van der Waals surface area (Å²) in [6.07, 6.45) is 6.97. The SMILES string of the molecule is CCSCC(=O)N1CCCC2(CCCN(CC(=O)N3CCCC3)C2)C1. The molecule has 0 aliphatic carbocycles. The summed E-state index contributed by atoms with van der Waals surface area (Å²) in [5.74, 6) is 2.22. The zero-order valence-corrected chi connectivity index (χ0v) is 16.5. The van der Waals surface area contributed by atoms with Gasteiger partial charge in [0.2, 0.25) is 11.8 Å². The predicted octanol–water partition coefficient (Wildman–Crippen LogP) is 2.07. The summed E-state index contributed by atoms with van der Waals surface area (Å²) in [4.78, 5) is 31.4. The molecule has 1 spiro atoms. The van der Waals surface area contributed by atoms with Crippen molar-refractivity contribution in [3.05, 3.63) is 0 Å². The second kappa shape index (κ2) is 8.76. The second-order valence-corrected chi connectivity index (χ2v) is 9.23. The molecule has 25 heavy (non-hydrogen) atoms. The number of nitrogens with zero attached hydrogens (tertiary/aromatic N) is 3. The topological polar surface area (TPSA) is 43.9 Å². The molecule has 0 saturated carbocycles. The number of hydrogen-bond donors (Lipinski definition) is 0. The van der Waals surface area contributed by atoms with E-state index in [1.54, 1.807) is 11.8 Å². The Morgan fingerprint density at radius 1 is 0.880 bits per heavy atom. The van der Waals surface area contributed by atoms with E-state index in [2.05, 4.69) is 16.7 Å². The number of piperidine rings is 2. The maximum Gasteiger partial charge on any atom is 0.236 e. The molecule has 0 aromatic rings. The van der Waals surface area contributed by atoms with Crippen LogP contribution < -0.4 is 0 Å². The molecule has 1 atom stereocenters. The van der Waals surface area contributed by atoms with Crippen LogP contribution in [0.1, 0.15) is 45.4 Å². The molecule has 0 radical (unpaired) electrons. The summed E-state index contributed by atoms with van der Waals surface area (Å²) in [5, 5.41) is 0. The van der Waals surface area contributed by atoms with Crippen molar-refractivity contribution < 1.29 is 9.59 Å². The minimum atomic E-state index is 0.217. The van der Waals surface area contributed by atoms with Crippen molar-refractivity contribution >= 4 is 23.6 Å². The van der Waals surface area contributed by atoms with Crippen LogP contribution in [0.4, 0.5) is 0 Å². The van der Waals surface area contributed by atoms with E-state index in [9.17, 15) is 9.59 Å². The monoisotopic (exact) mass is 367 g/mol. The van der Waals surface area contributed by atoms with Gasteiger partial charge in [0.15, 0.2) is 0 Å². The molecule has 0 bridgehead atoms. The number of carbonyl (C=O) groups excluding carboxylic acids is 2. The van der Waals surface area contributed by atoms with E-state index in [-0.39, 0.29) is 5.41 Å². The minimum absolute atomic E-state index is 0.217. The highest BCUT2D eigenvalue weighted by Gasteiger charge is 2.40. The second-order valence-electron chi connectivity index (χ2n) is 7.96. The van der Waals surface area contributed by atoms with E-state index >= 15 is 0 Å². The van der Waals surface area contributed by atoms with Gasteiger partial charge < -0.3 is 9.80 Å². The van der Waals surface area contributed by atoms with Crippen LogP contribution in [-0.4, -0.2) is 83.8 Å². The highest BCUT2D eigenvalue weighted by atomic mass is 32.2. The smallest absolute Gasteiger partial charge is 0.236 e. The summed E-state index contributed by atoms with van der Waals surface area (Å²) in [6.45, 7) is 8.37. The van der Waals surface area contributed by atoms with Crippen molar-refractivity contribution in [2.75, 3.05) is 57.3 Å². The van der Waals surface area contributed by atoms with Crippen molar-refractivity contribution in [2.24, 2.45) is 5.41 Å². The Labute approximate surface area is 156 Å². The number of carbonyl (C=O) groups is 2. The number of thioether (sulfide) groups is 1. The average Bonchev–Trinajstić information content (AvgIpc) is 3.14. The fraction of sp³-hybridized carbons (Fsp3) is 0.895. The van der Waals surface area contributed by atoms with Gasteiger partial charge in [-0.05, 0) is 50.8 Å². The third-order valence-corrected chi connectivity index (χ3v) is 6.86. The van der Waals surface area contributed by atoms with Gasteiger partial charge in [-0.1, -0.05) is 6.92 Å². The predicted molar refractivity (Wildman–Crippen MR) is 103 cm³/mol. The first kappa shape index (κ1) is 19.0. The van der Waals surface area contributed by atoms with Crippen molar-refractivity contribution in [3.8, 4) is 0 Å². The largest absolute Gasteiger partial charge is 0.342 e. The summed E-state index contributed by atoms with van der Waals surface area (Å²) in [7, 11) is 0. The van der Waals surface area contributed by atoms with Crippen molar-refractivity contribution in [2.45, 2.75) is 45.4 Å². The van der Waals surface area contributed by atoms with Gasteiger partial charge >= 0.3 is 0 Å². The summed E-state index contributed by atoms with van der Waals surface area (Å²) in [5.41, 5.74) is 0.217. The molecule has 3 aliphatic rings. The van der Waals surface area contributed by atoms with Crippen LogP contribution in [0.3, 0.4) is 0 Å². The molecule has 3 heterocycles. The minimum Gasteiger partial charge on any atom is -0.342 e. The molecule has 3 saturated heterocycles. The zero-order valence-electron chi connectivity index (χ0n) is 15.7. The van der Waals surface area contributed by atoms with Gasteiger partial charge in [0.25, 0.3) is 0 Å². The summed E-state index contributed by atoms with van der Waals surface area (Å²) < 4.78 is 0. The molecule has 5 nitrogen and oxygen atoms in total. The third kappa shape index (κ3) is 4.91. The number of rotatable bonds is 5. The van der Waals surface area contributed by atoms with Crippen molar-refractivity contribution in [1.29, 1.82) is 0 Å². The Kier molecular flexibility index (Phi) is 6.67. The van der Waals surface area contributed by atoms with E-state index in [0.717, 1.165) is 70.7 Å². The average molecular weight is 368 g/mol. The molecule has 0 aromatic carbocycles. The van der Waals surface area contributed by atoms with Gasteiger partial charge in [-0.3, -0.25) is 14.5 Å². The highest BCUT2D eigenvalue weighted by Crippen LogP contribution is 2.38. The van der Waals surface area contributed by atoms with E-state index in [0.29, 0.717) is 24.1 Å². The van der Waals surface area contributed by atoms with E-state index < -0.39 is 0 Å². The third-order valence-electron chi connectivity index (χ3n) is 6.00. The summed E-state index contributed by atoms with van der Waals surface area (Å²) >= 11 is 1.72. The fourth-order valence-electron chi connectivity index (χ4n) is 4.74. The van der Waals surface area contributed by atoms with Gasteiger partial charge in [-0.15, -0.1) is 0 Å². The molecule has 1 unspecified atom stereocenters. The Morgan fingerprint density at radius 2 is 1.56 bits per heavy atom. The Hall–Kier alpha value is -0.750. The van der Waals surface area contributed by atoms with Crippen molar-refractivity contribution in [1.82, 2.24) is 14.7 Å². The van der Waals surface area contributed by atoms with Gasteiger partial charge in [0.1, 0.15) is 0 Å². The summed E-state index contributed by atoms with van der Waals surface area (Å²) in [6, 6.07) is 0. The van der Waals surface area contributed by atoms with Crippen LogP contribution in [0.5, 0.6) is 0 Å². The molecule has 142 valence electrons. The molecule has 0 N–H and O–H groups in total. The standard InChI is InChI=1S/C19H33N3O2S/c1-2-25-14-18(24)22-12-6-8-19(16-22)7-5-9-20(15-19)13-17(23)21-10-3-4-11-21/h2-16H2,1H3. The van der Waals surface area contributed by atoms with Crippen LogP contribution in [0, 0.1) is 5.41 Å². The lowest BCUT2D eigenvalue weighted by molar-refractivity contribution is -0.136. The lowest BCUT2D eigenvalue weighted by Gasteiger charge is -2.48. The van der Waals surface area contributed by atoms with Crippen LogP contribution in [-0.2, 0) is 9.59 Å². The fourth-order valence-corrected chi connectivity index (χ4v) is 5.30. The first-order valence-corrected chi connectivity index (χ1v) is 11.1. The lowest BCUT2D eigenvalue weighted by Crippen LogP contribution is -2.55. The molecular weight excluding hydrogens is 334 g/mol. The first-order valence-electron chi connectivity index (χ1n) is 9.97. The van der Waals surface area contributed by atoms with Crippen LogP contribution in [0.2, 0.25) is 0 Å².